The smallest absolute Gasteiger partial charge is 0.119 e. The molecule has 0 fully saturated rings. The van der Waals surface area contributed by atoms with Crippen LogP contribution in [0.2, 0.25) is 0 Å². The second kappa shape index (κ2) is 5.62. The molecule has 1 aliphatic carbocycles. The van der Waals surface area contributed by atoms with E-state index in [1.165, 1.54) is 0 Å². The van der Waals surface area contributed by atoms with Crippen LogP contribution in [0.25, 0.3) is 6.08 Å². The van der Waals surface area contributed by atoms with Crippen molar-refractivity contribution in [2.75, 3.05) is 19.1 Å². The molecule has 1 aliphatic rings. The number of methoxy groups -OCH3 is 1. The van der Waals surface area contributed by atoms with Crippen LogP contribution in [0.4, 0.5) is 5.69 Å². The molecule has 0 heterocycles. The molecule has 0 bridgehead atoms. The second-order valence-corrected chi connectivity index (χ2v) is 5.23. The average molecular weight is 281 g/mol. The zero-order valence-corrected chi connectivity index (χ0v) is 12.2. The van der Waals surface area contributed by atoms with E-state index < -0.39 is 6.10 Å². The number of likely N-dealkylation sites (N-methyl/N-ethyl adjacent to an activating group) is 1. The first-order valence-corrected chi connectivity index (χ1v) is 7.03. The number of aliphatic hydroxyl groups is 1. The molecular formula is C18H19NO2. The van der Waals surface area contributed by atoms with Gasteiger partial charge < -0.3 is 14.7 Å². The van der Waals surface area contributed by atoms with Crippen LogP contribution >= 0.6 is 0 Å². The topological polar surface area (TPSA) is 32.7 Å². The highest BCUT2D eigenvalue weighted by Gasteiger charge is 2.27. The number of rotatable bonds is 3. The molecule has 21 heavy (non-hydrogen) atoms. The Balaban J connectivity index is 1.87. The Morgan fingerprint density at radius 1 is 1.05 bits per heavy atom. The monoisotopic (exact) mass is 281 g/mol. The molecular weight excluding hydrogens is 262 g/mol. The Kier molecular flexibility index (Phi) is 3.67. The Labute approximate surface area is 125 Å². The fourth-order valence-corrected chi connectivity index (χ4v) is 2.75. The van der Waals surface area contributed by atoms with Gasteiger partial charge in [0.25, 0.3) is 0 Å². The minimum atomic E-state index is -0.529. The Morgan fingerprint density at radius 2 is 1.76 bits per heavy atom. The number of benzene rings is 2. The molecule has 0 spiro atoms. The molecule has 2 atom stereocenters. The number of hydrogen-bond donors (Lipinski definition) is 1. The van der Waals surface area contributed by atoms with E-state index in [9.17, 15) is 5.11 Å². The summed E-state index contributed by atoms with van der Waals surface area (Å²) in [5.41, 5.74) is 3.11. The summed E-state index contributed by atoms with van der Waals surface area (Å²) in [6.45, 7) is 0. The van der Waals surface area contributed by atoms with Crippen LogP contribution in [0, 0.1) is 0 Å². The third-order valence-corrected chi connectivity index (χ3v) is 4.04. The van der Waals surface area contributed by atoms with Crippen LogP contribution in [-0.2, 0) is 0 Å². The Morgan fingerprint density at radius 3 is 2.48 bits per heavy atom. The largest absolute Gasteiger partial charge is 0.497 e. The Hall–Kier alpha value is -2.26. The summed E-state index contributed by atoms with van der Waals surface area (Å²) in [7, 11) is 3.65. The number of anilines is 1. The highest BCUT2D eigenvalue weighted by molar-refractivity contribution is 5.61. The van der Waals surface area contributed by atoms with Gasteiger partial charge in [0.15, 0.2) is 0 Å². The molecule has 0 saturated carbocycles. The first-order valence-electron chi connectivity index (χ1n) is 7.03. The molecule has 0 aromatic heterocycles. The van der Waals surface area contributed by atoms with Gasteiger partial charge in [-0.2, -0.15) is 0 Å². The van der Waals surface area contributed by atoms with Crippen molar-refractivity contribution in [3.8, 4) is 5.75 Å². The van der Waals surface area contributed by atoms with Gasteiger partial charge in [-0.05, 0) is 35.4 Å². The predicted molar refractivity (Wildman–Crippen MR) is 85.6 cm³/mol. The Bertz CT molecular complexity index is 649. The van der Waals surface area contributed by atoms with Gasteiger partial charge in [0, 0.05) is 12.7 Å². The molecule has 2 aromatic carbocycles. The van der Waals surface area contributed by atoms with Gasteiger partial charge in [-0.25, -0.2) is 0 Å². The van der Waals surface area contributed by atoms with E-state index in [4.69, 9.17) is 4.74 Å². The lowest BCUT2D eigenvalue weighted by Crippen LogP contribution is -2.36. The maximum atomic E-state index is 10.6. The van der Waals surface area contributed by atoms with E-state index >= 15 is 0 Å². The average Bonchev–Trinajstić information content (AvgIpc) is 2.55. The number of aliphatic hydroxyl groups excluding tert-OH is 1. The van der Waals surface area contributed by atoms with Gasteiger partial charge >= 0.3 is 0 Å². The van der Waals surface area contributed by atoms with Gasteiger partial charge in [0.1, 0.15) is 11.9 Å². The van der Waals surface area contributed by atoms with Crippen molar-refractivity contribution in [2.24, 2.45) is 0 Å². The van der Waals surface area contributed by atoms with Crippen molar-refractivity contribution in [1.82, 2.24) is 0 Å². The van der Waals surface area contributed by atoms with E-state index in [1.807, 2.05) is 55.6 Å². The zero-order chi connectivity index (χ0) is 14.8. The highest BCUT2D eigenvalue weighted by Crippen LogP contribution is 2.32. The number of ether oxygens (including phenoxy) is 1. The van der Waals surface area contributed by atoms with Crippen LogP contribution in [0.15, 0.2) is 54.6 Å². The summed E-state index contributed by atoms with van der Waals surface area (Å²) < 4.78 is 5.18. The van der Waals surface area contributed by atoms with Crippen LogP contribution in [0.1, 0.15) is 17.2 Å². The lowest BCUT2D eigenvalue weighted by Gasteiger charge is -2.34. The third kappa shape index (κ3) is 2.52. The molecule has 3 heteroatoms. The molecule has 0 saturated heterocycles. The molecule has 2 aromatic rings. The van der Waals surface area contributed by atoms with E-state index in [0.717, 1.165) is 22.6 Å². The molecule has 108 valence electrons. The van der Waals surface area contributed by atoms with E-state index in [0.29, 0.717) is 0 Å². The lowest BCUT2D eigenvalue weighted by atomic mass is 9.90. The summed E-state index contributed by atoms with van der Waals surface area (Å²) >= 11 is 0. The normalized spacial score (nSPS) is 20.0. The van der Waals surface area contributed by atoms with Gasteiger partial charge in [-0.3, -0.25) is 0 Å². The van der Waals surface area contributed by atoms with Crippen LogP contribution in [-0.4, -0.2) is 25.3 Å². The van der Waals surface area contributed by atoms with E-state index in [-0.39, 0.29) is 6.04 Å². The first kappa shape index (κ1) is 13.7. The fraction of sp³-hybridized carbons (Fsp3) is 0.222. The zero-order valence-electron chi connectivity index (χ0n) is 12.2. The van der Waals surface area contributed by atoms with Crippen molar-refractivity contribution >= 4 is 11.8 Å². The van der Waals surface area contributed by atoms with Crippen molar-refractivity contribution in [1.29, 1.82) is 0 Å². The fourth-order valence-electron chi connectivity index (χ4n) is 2.75. The van der Waals surface area contributed by atoms with Gasteiger partial charge in [0.05, 0.1) is 13.2 Å². The summed E-state index contributed by atoms with van der Waals surface area (Å²) in [4.78, 5) is 2.08. The third-order valence-electron chi connectivity index (χ3n) is 4.04. The van der Waals surface area contributed by atoms with Crippen LogP contribution < -0.4 is 9.64 Å². The summed E-state index contributed by atoms with van der Waals surface area (Å²) in [5, 5.41) is 10.6. The quantitative estimate of drug-likeness (QED) is 0.937. The van der Waals surface area contributed by atoms with E-state index in [1.54, 1.807) is 7.11 Å². The minimum Gasteiger partial charge on any atom is -0.497 e. The molecule has 0 unspecified atom stereocenters. The van der Waals surface area contributed by atoms with Gasteiger partial charge in [-0.15, -0.1) is 0 Å². The SMILES string of the molecule is COc1ccc(N(C)[C@H]2C=Cc3ccccc3[C@@H]2O)cc1. The maximum Gasteiger partial charge on any atom is 0.119 e. The number of nitrogens with zero attached hydrogens (tertiary/aromatic N) is 1. The van der Waals surface area contributed by atoms with Gasteiger partial charge in [0.2, 0.25) is 0 Å². The maximum absolute atomic E-state index is 10.6. The molecule has 1 N–H and O–H groups in total. The predicted octanol–water partition coefficient (Wildman–Crippen LogP) is 3.26. The highest BCUT2D eigenvalue weighted by atomic mass is 16.5. The molecule has 3 nitrogen and oxygen atoms in total. The van der Waals surface area contributed by atoms with Crippen LogP contribution in [0.3, 0.4) is 0 Å². The lowest BCUT2D eigenvalue weighted by molar-refractivity contribution is 0.159. The standard InChI is InChI=1S/C18H19NO2/c1-19(14-8-10-15(21-2)11-9-14)17-12-7-13-5-3-4-6-16(13)18(17)20/h3-12,17-18,20H,1-2H3/t17-,18-/m0/s1. The summed E-state index contributed by atoms with van der Waals surface area (Å²) in [6.07, 6.45) is 3.60. The van der Waals surface area contributed by atoms with Crippen LogP contribution in [0.5, 0.6) is 5.75 Å². The van der Waals surface area contributed by atoms with Crippen molar-refractivity contribution < 1.29 is 9.84 Å². The number of fused-ring (bicyclic) bond motifs is 1. The van der Waals surface area contributed by atoms with Crippen molar-refractivity contribution in [3.63, 3.8) is 0 Å². The summed E-state index contributed by atoms with van der Waals surface area (Å²) in [6, 6.07) is 15.7. The van der Waals surface area contributed by atoms with Crippen molar-refractivity contribution in [2.45, 2.75) is 12.1 Å². The number of hydrogen-bond acceptors (Lipinski definition) is 3. The molecule has 3 rings (SSSR count). The molecule has 0 radical (unpaired) electrons. The minimum absolute atomic E-state index is 0.0757. The molecule has 0 amide bonds. The van der Waals surface area contributed by atoms with Crippen molar-refractivity contribution in [3.05, 3.63) is 65.7 Å². The van der Waals surface area contributed by atoms with E-state index in [2.05, 4.69) is 17.1 Å². The summed E-state index contributed by atoms with van der Waals surface area (Å²) in [5.74, 6) is 0.831. The second-order valence-electron chi connectivity index (χ2n) is 5.23. The molecule has 0 aliphatic heterocycles. The van der Waals surface area contributed by atoms with Gasteiger partial charge in [-0.1, -0.05) is 36.4 Å². The first-order chi connectivity index (χ1) is 10.2.